The fraction of sp³-hybridized carbons (Fsp3) is 0.905. The highest BCUT2D eigenvalue weighted by molar-refractivity contribution is 5.85. The van der Waals surface area contributed by atoms with E-state index in [9.17, 15) is 9.59 Å². The van der Waals surface area contributed by atoms with E-state index in [0.29, 0.717) is 45.1 Å². The number of amides is 1. The van der Waals surface area contributed by atoms with Crippen LogP contribution in [0.1, 0.15) is 39.5 Å². The van der Waals surface area contributed by atoms with Gasteiger partial charge in [-0.1, -0.05) is 0 Å². The number of carbonyl (C=O) groups excluding carboxylic acids is 2. The maximum Gasteiger partial charge on any atom is 0.335 e. The summed E-state index contributed by atoms with van der Waals surface area (Å²) in [7, 11) is 0. The maximum atomic E-state index is 12.7. The number of esters is 1. The second-order valence-corrected chi connectivity index (χ2v) is 8.41. The Hall–Kier alpha value is -0.640. The van der Waals surface area contributed by atoms with E-state index in [1.807, 2.05) is 11.8 Å². The van der Waals surface area contributed by atoms with E-state index in [0.717, 1.165) is 39.3 Å². The molecule has 3 aliphatic rings. The van der Waals surface area contributed by atoms with Gasteiger partial charge in [0.15, 0.2) is 6.10 Å². The van der Waals surface area contributed by atoms with Crippen LogP contribution in [0.4, 0.5) is 0 Å². The zero-order valence-electron chi connectivity index (χ0n) is 18.9. The van der Waals surface area contributed by atoms with Crippen molar-refractivity contribution >= 4 is 36.7 Å². The number of ether oxygens (including phenoxy) is 2. The molecule has 10 heteroatoms. The number of piperidine rings is 2. The molecular weight excluding hydrogens is 443 g/mol. The summed E-state index contributed by atoms with van der Waals surface area (Å²) in [6.07, 6.45) is 3.26. The van der Waals surface area contributed by atoms with Gasteiger partial charge < -0.3 is 19.7 Å². The predicted octanol–water partition coefficient (Wildman–Crippen LogP) is 1.16. The number of carbonyl (C=O) groups is 2. The first kappa shape index (κ1) is 28.4. The maximum absolute atomic E-state index is 12.7. The molecule has 0 saturated carbocycles. The number of nitrogens with one attached hydrogen (secondary N) is 1. The van der Waals surface area contributed by atoms with Crippen molar-refractivity contribution in [1.29, 1.82) is 0 Å². The number of likely N-dealkylation sites (tertiary alicyclic amines) is 1. The lowest BCUT2D eigenvalue weighted by atomic mass is 10.0. The summed E-state index contributed by atoms with van der Waals surface area (Å²) in [5, 5.41) is 3.43. The zero-order chi connectivity index (χ0) is 20.6. The molecule has 182 valence electrons. The molecular formula is C21H40Cl2N4O4. The van der Waals surface area contributed by atoms with Crippen molar-refractivity contribution in [2.24, 2.45) is 0 Å². The van der Waals surface area contributed by atoms with Crippen LogP contribution in [0.3, 0.4) is 0 Å². The molecule has 0 spiro atoms. The van der Waals surface area contributed by atoms with Gasteiger partial charge in [-0.3, -0.25) is 14.6 Å². The minimum absolute atomic E-state index is 0. The normalized spacial score (nSPS) is 22.8. The first-order chi connectivity index (χ1) is 14.1. The molecule has 1 N–H and O–H groups in total. The molecule has 3 saturated heterocycles. The molecule has 3 aliphatic heterocycles. The molecule has 1 amide bonds. The molecule has 0 aromatic carbocycles. The van der Waals surface area contributed by atoms with E-state index in [2.05, 4.69) is 15.1 Å². The summed E-state index contributed by atoms with van der Waals surface area (Å²) >= 11 is 0. The molecule has 8 nitrogen and oxygen atoms in total. The fourth-order valence-corrected chi connectivity index (χ4v) is 4.55. The molecule has 3 heterocycles. The van der Waals surface area contributed by atoms with Crippen molar-refractivity contribution in [3.05, 3.63) is 0 Å². The van der Waals surface area contributed by atoms with Crippen LogP contribution in [-0.4, -0.2) is 110 Å². The molecule has 0 aromatic rings. The Bertz CT molecular complexity index is 535. The molecule has 0 aromatic heterocycles. The SMILES string of the molecule is CCOC(C)C(=O)OC1CCN(C(=O)CN2CCN(C3CCNCC3)CC2)CC1.Cl.Cl. The quantitative estimate of drug-likeness (QED) is 0.545. The van der Waals surface area contributed by atoms with Gasteiger partial charge in [-0.2, -0.15) is 0 Å². The second-order valence-electron chi connectivity index (χ2n) is 8.41. The highest BCUT2D eigenvalue weighted by Gasteiger charge is 2.29. The van der Waals surface area contributed by atoms with Gasteiger partial charge in [0, 0.05) is 64.8 Å². The Morgan fingerprint density at radius 1 is 0.968 bits per heavy atom. The van der Waals surface area contributed by atoms with Gasteiger partial charge in [0.2, 0.25) is 5.91 Å². The molecule has 3 fully saturated rings. The minimum Gasteiger partial charge on any atom is -0.460 e. The minimum atomic E-state index is -0.525. The van der Waals surface area contributed by atoms with Crippen LogP contribution in [0.2, 0.25) is 0 Å². The highest BCUT2D eigenvalue weighted by atomic mass is 35.5. The zero-order valence-corrected chi connectivity index (χ0v) is 20.6. The highest BCUT2D eigenvalue weighted by Crippen LogP contribution is 2.17. The van der Waals surface area contributed by atoms with Crippen LogP contribution in [0.15, 0.2) is 0 Å². The van der Waals surface area contributed by atoms with Crippen LogP contribution in [0, 0.1) is 0 Å². The Morgan fingerprint density at radius 2 is 1.58 bits per heavy atom. The van der Waals surface area contributed by atoms with Crippen LogP contribution >= 0.6 is 24.8 Å². The average molecular weight is 483 g/mol. The van der Waals surface area contributed by atoms with Crippen molar-refractivity contribution in [1.82, 2.24) is 20.0 Å². The van der Waals surface area contributed by atoms with Gasteiger partial charge in [-0.25, -0.2) is 4.79 Å². The third kappa shape index (κ3) is 8.67. The number of hydrogen-bond acceptors (Lipinski definition) is 7. The van der Waals surface area contributed by atoms with Crippen LogP contribution in [0.5, 0.6) is 0 Å². The fourth-order valence-electron chi connectivity index (χ4n) is 4.55. The van der Waals surface area contributed by atoms with Crippen LogP contribution in [-0.2, 0) is 19.1 Å². The van der Waals surface area contributed by atoms with E-state index in [4.69, 9.17) is 9.47 Å². The van der Waals surface area contributed by atoms with E-state index < -0.39 is 6.10 Å². The van der Waals surface area contributed by atoms with Gasteiger partial charge in [0.05, 0.1) is 6.54 Å². The molecule has 0 bridgehead atoms. The first-order valence-electron chi connectivity index (χ1n) is 11.3. The van der Waals surface area contributed by atoms with Crippen molar-refractivity contribution in [3.63, 3.8) is 0 Å². The number of nitrogens with zero attached hydrogens (tertiary/aromatic N) is 3. The predicted molar refractivity (Wildman–Crippen MR) is 125 cm³/mol. The molecule has 1 unspecified atom stereocenters. The molecule has 0 aliphatic carbocycles. The van der Waals surface area contributed by atoms with Crippen molar-refractivity contribution < 1.29 is 19.1 Å². The lowest BCUT2D eigenvalue weighted by Gasteiger charge is -2.41. The molecule has 1 atom stereocenters. The molecule has 0 radical (unpaired) electrons. The molecule has 31 heavy (non-hydrogen) atoms. The van der Waals surface area contributed by atoms with Crippen molar-refractivity contribution in [2.75, 3.05) is 65.5 Å². The van der Waals surface area contributed by atoms with Crippen LogP contribution in [0.25, 0.3) is 0 Å². The van der Waals surface area contributed by atoms with Gasteiger partial charge in [0.1, 0.15) is 6.10 Å². The van der Waals surface area contributed by atoms with E-state index in [1.54, 1.807) is 6.92 Å². The number of piperazine rings is 1. The lowest BCUT2D eigenvalue weighted by molar-refractivity contribution is -0.163. The smallest absolute Gasteiger partial charge is 0.335 e. The van der Waals surface area contributed by atoms with Gasteiger partial charge in [-0.15, -0.1) is 24.8 Å². The monoisotopic (exact) mass is 482 g/mol. The largest absolute Gasteiger partial charge is 0.460 e. The van der Waals surface area contributed by atoms with Crippen molar-refractivity contribution in [2.45, 2.75) is 57.8 Å². The van der Waals surface area contributed by atoms with Gasteiger partial charge >= 0.3 is 5.97 Å². The Balaban J connectivity index is 0.00000240. The molecule has 3 rings (SSSR count). The number of halogens is 2. The second kappa shape index (κ2) is 14.5. The summed E-state index contributed by atoms with van der Waals surface area (Å²) < 4.78 is 10.8. The Morgan fingerprint density at radius 3 is 2.16 bits per heavy atom. The summed E-state index contributed by atoms with van der Waals surface area (Å²) in [5.74, 6) is -0.101. The van der Waals surface area contributed by atoms with Gasteiger partial charge in [0.25, 0.3) is 0 Å². The summed E-state index contributed by atoms with van der Waals surface area (Å²) in [6.45, 7) is 12.2. The van der Waals surface area contributed by atoms with E-state index in [1.165, 1.54) is 12.8 Å². The Kier molecular flexibility index (Phi) is 13.3. The summed E-state index contributed by atoms with van der Waals surface area (Å²) in [6, 6.07) is 0.710. The Labute approximate surface area is 199 Å². The first-order valence-corrected chi connectivity index (χ1v) is 11.3. The van der Waals surface area contributed by atoms with Crippen LogP contribution < -0.4 is 5.32 Å². The topological polar surface area (TPSA) is 74.4 Å². The summed E-state index contributed by atoms with van der Waals surface area (Å²) in [5.41, 5.74) is 0. The third-order valence-corrected chi connectivity index (χ3v) is 6.42. The number of rotatable bonds is 7. The van der Waals surface area contributed by atoms with Crippen molar-refractivity contribution in [3.8, 4) is 0 Å². The van der Waals surface area contributed by atoms with E-state index >= 15 is 0 Å². The average Bonchev–Trinajstić information content (AvgIpc) is 2.75. The standard InChI is InChI=1S/C21H38N4O4.2ClH/c1-3-28-17(2)21(27)29-19-6-10-25(11-7-19)20(26)16-23-12-14-24(15-13-23)18-4-8-22-9-5-18;;/h17-19,22H,3-16H2,1-2H3;2*1H. The third-order valence-electron chi connectivity index (χ3n) is 6.42. The lowest BCUT2D eigenvalue weighted by Crippen LogP contribution is -2.54. The summed E-state index contributed by atoms with van der Waals surface area (Å²) in [4.78, 5) is 31.5. The van der Waals surface area contributed by atoms with Gasteiger partial charge in [-0.05, 0) is 39.8 Å². The van der Waals surface area contributed by atoms with E-state index in [-0.39, 0.29) is 42.8 Å². The number of hydrogen-bond donors (Lipinski definition) is 1.